The van der Waals surface area contributed by atoms with E-state index in [1.54, 1.807) is 49.2 Å². The molecule has 0 radical (unpaired) electrons. The molecule has 0 saturated heterocycles. The van der Waals surface area contributed by atoms with Crippen LogP contribution < -0.4 is 10.1 Å². The lowest BCUT2D eigenvalue weighted by Crippen LogP contribution is -2.43. The van der Waals surface area contributed by atoms with Gasteiger partial charge in [0.15, 0.2) is 0 Å². The Balaban J connectivity index is 0.00000334. The number of amides is 1. The van der Waals surface area contributed by atoms with Crippen molar-refractivity contribution in [2.45, 2.75) is 65.7 Å². The Labute approximate surface area is 216 Å². The first kappa shape index (κ1) is 30.8. The van der Waals surface area contributed by atoms with Gasteiger partial charge in [-0.1, -0.05) is 32.1 Å². The number of ether oxygens (including phenoxy) is 3. The normalized spacial score (nSPS) is 12.7. The summed E-state index contributed by atoms with van der Waals surface area (Å²) in [5.41, 5.74) is 7.84. The number of nitrogens with one attached hydrogen (secondary N) is 2. The van der Waals surface area contributed by atoms with E-state index < -0.39 is 36.0 Å². The largest absolute Gasteiger partial charge is 0.461 e. The maximum Gasteiger partial charge on any atom is 0.408 e. The van der Waals surface area contributed by atoms with Crippen LogP contribution in [0.3, 0.4) is 0 Å². The Kier molecular flexibility index (Phi) is 13.7. The van der Waals surface area contributed by atoms with Crippen LogP contribution in [0.5, 0.6) is 5.75 Å². The Hall–Kier alpha value is -4.24. The molecule has 0 aromatic heterocycles. The molecule has 1 aromatic carbocycles. The molecule has 0 bridgehead atoms. The number of ketones is 1. The van der Waals surface area contributed by atoms with E-state index in [0.29, 0.717) is 23.3 Å². The number of rotatable bonds is 11. The highest BCUT2D eigenvalue weighted by Crippen LogP contribution is 2.18. The van der Waals surface area contributed by atoms with Crippen molar-refractivity contribution in [2.75, 3.05) is 7.05 Å². The second-order valence-electron chi connectivity index (χ2n) is 7.96. The van der Waals surface area contributed by atoms with Gasteiger partial charge >= 0.3 is 24.2 Å². The van der Waals surface area contributed by atoms with Gasteiger partial charge in [-0.3, -0.25) is 4.79 Å². The minimum Gasteiger partial charge on any atom is -0.461 e. The molecule has 200 valence electrons. The number of alkyl carbamates (subject to hydrolysis) is 1. The first-order chi connectivity index (χ1) is 17.7. The SMILES string of the molecule is CC.CC(C)OC(=O)[C@H](CCC(=O)C=[N+]=N)NC(=O)OCc1ccc(OC(=O)C2=CN(C)C=CC2)cc1. The van der Waals surface area contributed by atoms with Crippen LogP contribution in [-0.4, -0.2) is 58.9 Å². The number of esters is 2. The summed E-state index contributed by atoms with van der Waals surface area (Å²) in [6.07, 6.45) is 5.31. The zero-order chi connectivity index (χ0) is 27.8. The number of hydrogen-bond donors (Lipinski definition) is 2. The van der Waals surface area contributed by atoms with E-state index in [0.717, 1.165) is 6.21 Å². The molecule has 0 aliphatic carbocycles. The first-order valence-corrected chi connectivity index (χ1v) is 11.9. The molecule has 11 heteroatoms. The molecule has 1 heterocycles. The molecule has 0 saturated carbocycles. The third-order valence-electron chi connectivity index (χ3n) is 4.62. The van der Waals surface area contributed by atoms with Crippen LogP contribution in [-0.2, 0) is 30.5 Å². The Morgan fingerprint density at radius 2 is 1.84 bits per heavy atom. The van der Waals surface area contributed by atoms with Crippen molar-refractivity contribution in [1.82, 2.24) is 10.2 Å². The second-order valence-corrected chi connectivity index (χ2v) is 7.96. The monoisotopic (exact) mass is 515 g/mol. The van der Waals surface area contributed by atoms with E-state index >= 15 is 0 Å². The molecule has 1 aromatic rings. The minimum atomic E-state index is -1.10. The van der Waals surface area contributed by atoms with Gasteiger partial charge in [-0.2, -0.15) is 0 Å². The number of Topliss-reactive ketones (excluding diaryl/α,β-unsaturated/α-hetero) is 1. The Morgan fingerprint density at radius 1 is 1.16 bits per heavy atom. The molecule has 1 aliphatic heterocycles. The third-order valence-corrected chi connectivity index (χ3v) is 4.62. The molecular weight excluding hydrogens is 480 g/mol. The highest BCUT2D eigenvalue weighted by molar-refractivity contribution is 6.25. The number of carbonyl (C=O) groups is 4. The lowest BCUT2D eigenvalue weighted by atomic mass is 10.1. The molecule has 0 fully saturated rings. The highest BCUT2D eigenvalue weighted by atomic mass is 16.6. The van der Waals surface area contributed by atoms with Crippen LogP contribution in [0.4, 0.5) is 4.79 Å². The first-order valence-electron chi connectivity index (χ1n) is 11.9. The van der Waals surface area contributed by atoms with Crippen LogP contribution in [0.2, 0.25) is 0 Å². The Bertz CT molecular complexity index is 1040. The van der Waals surface area contributed by atoms with Gasteiger partial charge in [0.05, 0.1) is 22.0 Å². The van der Waals surface area contributed by atoms with Crippen LogP contribution in [0.1, 0.15) is 52.5 Å². The summed E-state index contributed by atoms with van der Waals surface area (Å²) in [6.45, 7) is 7.22. The predicted octanol–water partition coefficient (Wildman–Crippen LogP) is 3.56. The number of nitrogens with zero attached hydrogens (tertiary/aromatic N) is 2. The van der Waals surface area contributed by atoms with Gasteiger partial charge in [-0.05, 0) is 44.2 Å². The molecule has 37 heavy (non-hydrogen) atoms. The van der Waals surface area contributed by atoms with Gasteiger partial charge in [0.25, 0.3) is 0 Å². The number of carbonyl (C=O) groups excluding carboxylic acids is 4. The van der Waals surface area contributed by atoms with E-state index in [1.165, 1.54) is 0 Å². The average molecular weight is 516 g/mol. The fourth-order valence-corrected chi connectivity index (χ4v) is 2.97. The molecule has 11 nitrogen and oxygen atoms in total. The smallest absolute Gasteiger partial charge is 0.408 e. The molecular formula is C26H35N4O7+. The van der Waals surface area contributed by atoms with Gasteiger partial charge in [-0.25, -0.2) is 14.4 Å². The number of hydrogen-bond acceptors (Lipinski definition) is 9. The van der Waals surface area contributed by atoms with Gasteiger partial charge in [0, 0.05) is 26.1 Å². The lowest BCUT2D eigenvalue weighted by molar-refractivity contribution is -0.150. The average Bonchev–Trinajstić information content (AvgIpc) is 2.87. The van der Waals surface area contributed by atoms with E-state index in [2.05, 4.69) is 10.1 Å². The van der Waals surface area contributed by atoms with Crippen LogP contribution in [0, 0.1) is 5.53 Å². The number of benzene rings is 1. The molecule has 2 N–H and O–H groups in total. The second kappa shape index (κ2) is 16.4. The summed E-state index contributed by atoms with van der Waals surface area (Å²) in [6, 6.07) is 5.35. The van der Waals surface area contributed by atoms with Gasteiger partial charge in [0.1, 0.15) is 18.4 Å². The van der Waals surface area contributed by atoms with Crippen molar-refractivity contribution in [3.05, 3.63) is 53.9 Å². The molecule has 1 atom stereocenters. The van der Waals surface area contributed by atoms with Crippen molar-refractivity contribution in [3.8, 4) is 5.75 Å². The lowest BCUT2D eigenvalue weighted by Gasteiger charge is -2.18. The fraction of sp³-hybridized carbons (Fsp3) is 0.423. The summed E-state index contributed by atoms with van der Waals surface area (Å²) < 4.78 is 15.7. The molecule has 1 amide bonds. The van der Waals surface area contributed by atoms with Gasteiger partial charge < -0.3 is 24.4 Å². The van der Waals surface area contributed by atoms with E-state index in [-0.39, 0.29) is 19.4 Å². The van der Waals surface area contributed by atoms with Crippen LogP contribution in [0.15, 0.2) is 48.3 Å². The van der Waals surface area contributed by atoms with Crippen LogP contribution in [0.25, 0.3) is 0 Å². The summed E-state index contributed by atoms with van der Waals surface area (Å²) >= 11 is 0. The van der Waals surface area contributed by atoms with Crippen LogP contribution >= 0.6 is 0 Å². The Morgan fingerprint density at radius 3 is 2.43 bits per heavy atom. The van der Waals surface area contributed by atoms with Gasteiger partial charge in [-0.15, -0.1) is 0 Å². The molecule has 1 aliphatic rings. The fourth-order valence-electron chi connectivity index (χ4n) is 2.97. The zero-order valence-corrected chi connectivity index (χ0v) is 21.9. The predicted molar refractivity (Wildman–Crippen MR) is 135 cm³/mol. The topological polar surface area (TPSA) is 149 Å². The standard InChI is InChI=1S/C24H28N4O7.C2H6/c1-16(2)34-23(31)21(11-8-19(29)13-26-25)27-24(32)33-15-17-6-9-20(10-7-17)35-22(30)18-5-4-12-28(3)14-18;1-2/h4,6-7,9-10,12-14,16,21,25H,5,8,11,15H2,1-3H3;1-2H3/p+1/t21-;/m0./s1. The van der Waals surface area contributed by atoms with E-state index in [1.807, 2.05) is 33.2 Å². The van der Waals surface area contributed by atoms with Crippen molar-refractivity contribution < 1.29 is 38.2 Å². The summed E-state index contributed by atoms with van der Waals surface area (Å²) in [5, 5.41) is 2.40. The van der Waals surface area contributed by atoms with Crippen molar-refractivity contribution in [3.63, 3.8) is 0 Å². The summed E-state index contributed by atoms with van der Waals surface area (Å²) in [4.78, 5) is 53.0. The van der Waals surface area contributed by atoms with Crippen molar-refractivity contribution >= 4 is 30.0 Å². The highest BCUT2D eigenvalue weighted by Gasteiger charge is 2.25. The van der Waals surface area contributed by atoms with E-state index in [4.69, 9.17) is 19.7 Å². The molecule has 0 unspecified atom stereocenters. The molecule has 0 spiro atoms. The molecule has 2 rings (SSSR count). The minimum absolute atomic E-state index is 0.0341. The maximum atomic E-state index is 12.3. The third kappa shape index (κ3) is 11.8. The van der Waals surface area contributed by atoms with E-state index in [9.17, 15) is 19.2 Å². The van der Waals surface area contributed by atoms with Gasteiger partial charge in [0.2, 0.25) is 5.78 Å². The summed E-state index contributed by atoms with van der Waals surface area (Å²) in [5.74, 6) is -1.26. The van der Waals surface area contributed by atoms with Crippen molar-refractivity contribution in [1.29, 1.82) is 5.53 Å². The van der Waals surface area contributed by atoms with Crippen molar-refractivity contribution in [2.24, 2.45) is 0 Å². The summed E-state index contributed by atoms with van der Waals surface area (Å²) in [7, 11) is 1.82. The quantitative estimate of drug-likeness (QED) is 0.149. The number of allylic oxidation sites excluding steroid dienone is 1. The maximum absolute atomic E-state index is 12.3. The zero-order valence-electron chi connectivity index (χ0n) is 21.9.